The summed E-state index contributed by atoms with van der Waals surface area (Å²) in [5, 5.41) is 10.0. The van der Waals surface area contributed by atoms with Crippen LogP contribution in [0.1, 0.15) is 11.1 Å². The summed E-state index contributed by atoms with van der Waals surface area (Å²) >= 11 is 0. The highest BCUT2D eigenvalue weighted by Gasteiger charge is 2.41. The molecule has 1 aromatic heterocycles. The van der Waals surface area contributed by atoms with E-state index in [1.807, 2.05) is 0 Å². The summed E-state index contributed by atoms with van der Waals surface area (Å²) < 4.78 is 6.49. The SMILES string of the molecule is C1=CC2=C(c3cccc4oc5cc6ccccc6cc5c34)C=CC3=CC=C4C(c5cc6ccccc6c6ccccc56)=CC=C1C4C32. The smallest absolute Gasteiger partial charge is 0.136 e. The zero-order chi connectivity index (χ0) is 30.6. The topological polar surface area (TPSA) is 13.1 Å². The van der Waals surface area contributed by atoms with E-state index in [0.717, 1.165) is 11.2 Å². The second-order valence-electron chi connectivity index (χ2n) is 13.2. The summed E-state index contributed by atoms with van der Waals surface area (Å²) in [5.74, 6) is 0.528. The number of rotatable bonds is 2. The molecule has 0 bridgehead atoms. The third-order valence-corrected chi connectivity index (χ3v) is 10.9. The van der Waals surface area contributed by atoms with Crippen molar-refractivity contribution in [1.29, 1.82) is 0 Å². The lowest BCUT2D eigenvalue weighted by Crippen LogP contribution is -2.30. The molecule has 47 heavy (non-hydrogen) atoms. The van der Waals surface area contributed by atoms with E-state index in [-0.39, 0.29) is 11.8 Å². The Hall–Kier alpha value is -5.92. The molecule has 1 heterocycles. The van der Waals surface area contributed by atoms with E-state index in [9.17, 15) is 0 Å². The molecule has 0 N–H and O–H groups in total. The van der Waals surface area contributed by atoms with Crippen molar-refractivity contribution >= 4 is 65.4 Å². The fourth-order valence-corrected chi connectivity index (χ4v) is 8.78. The molecule has 7 aromatic rings. The van der Waals surface area contributed by atoms with Crippen LogP contribution in [-0.4, -0.2) is 0 Å². The largest absolute Gasteiger partial charge is 0.456 e. The van der Waals surface area contributed by atoms with Gasteiger partial charge in [0.1, 0.15) is 11.2 Å². The Bertz CT molecular complexity index is 2780. The Morgan fingerprint density at radius 3 is 2.06 bits per heavy atom. The number of hydrogen-bond acceptors (Lipinski definition) is 1. The van der Waals surface area contributed by atoms with Crippen molar-refractivity contribution in [3.8, 4) is 0 Å². The Balaban J connectivity index is 1.11. The quantitative estimate of drug-likeness (QED) is 0.181. The van der Waals surface area contributed by atoms with Crippen LogP contribution in [0.3, 0.4) is 0 Å². The van der Waals surface area contributed by atoms with E-state index in [1.165, 1.54) is 87.7 Å². The lowest BCUT2D eigenvalue weighted by molar-refractivity contribution is 0.569. The Kier molecular flexibility index (Phi) is 5.01. The monoisotopic (exact) mass is 596 g/mol. The maximum Gasteiger partial charge on any atom is 0.136 e. The standard InChI is InChI=1S/C46H28O/c1-2-9-30-26-43-41(24-29(30)8-1)46-37(14-7-15-42(46)47-43)35-20-16-27-19-23-39-36(21-17-28-18-22-38(35)44(27)45(28)39)40-25-31-10-3-4-11-32(31)33-12-5-6-13-34(33)40/h1-26,44-45H. The van der Waals surface area contributed by atoms with Crippen LogP contribution in [0.4, 0.5) is 0 Å². The van der Waals surface area contributed by atoms with Crippen molar-refractivity contribution in [3.05, 3.63) is 191 Å². The Morgan fingerprint density at radius 2 is 1.17 bits per heavy atom. The predicted octanol–water partition coefficient (Wildman–Crippen LogP) is 12.1. The molecule has 0 radical (unpaired) electrons. The van der Waals surface area contributed by atoms with Gasteiger partial charge >= 0.3 is 0 Å². The van der Waals surface area contributed by atoms with Crippen LogP contribution >= 0.6 is 0 Å². The highest BCUT2D eigenvalue weighted by atomic mass is 16.3. The Labute approximate surface area is 272 Å². The molecule has 4 aliphatic rings. The third kappa shape index (κ3) is 3.49. The molecule has 0 aliphatic heterocycles. The van der Waals surface area contributed by atoms with Crippen molar-refractivity contribution in [2.45, 2.75) is 0 Å². The maximum absolute atomic E-state index is 6.49. The molecule has 218 valence electrons. The van der Waals surface area contributed by atoms with Crippen molar-refractivity contribution in [1.82, 2.24) is 0 Å². The molecule has 2 unspecified atom stereocenters. The molecule has 0 spiro atoms. The summed E-state index contributed by atoms with van der Waals surface area (Å²) in [7, 11) is 0. The minimum absolute atomic E-state index is 0.260. The highest BCUT2D eigenvalue weighted by molar-refractivity contribution is 6.16. The summed E-state index contributed by atoms with van der Waals surface area (Å²) in [6.07, 6.45) is 18.9. The van der Waals surface area contributed by atoms with Crippen molar-refractivity contribution in [2.24, 2.45) is 11.8 Å². The first-order chi connectivity index (χ1) is 23.3. The van der Waals surface area contributed by atoms with Crippen LogP contribution in [0.2, 0.25) is 0 Å². The minimum atomic E-state index is 0.260. The number of allylic oxidation sites excluding steroid dienone is 14. The molecule has 11 rings (SSSR count). The van der Waals surface area contributed by atoms with Gasteiger partial charge in [-0.3, -0.25) is 0 Å². The van der Waals surface area contributed by atoms with Crippen LogP contribution in [-0.2, 0) is 0 Å². The van der Waals surface area contributed by atoms with Crippen LogP contribution < -0.4 is 0 Å². The van der Waals surface area contributed by atoms with Gasteiger partial charge in [0.2, 0.25) is 0 Å². The summed E-state index contributed by atoms with van der Waals surface area (Å²) in [4.78, 5) is 0. The first-order valence-electron chi connectivity index (χ1n) is 16.5. The Morgan fingerprint density at radius 1 is 0.447 bits per heavy atom. The normalized spacial score (nSPS) is 19.7. The summed E-state index contributed by atoms with van der Waals surface area (Å²) in [6.45, 7) is 0. The van der Waals surface area contributed by atoms with Gasteiger partial charge in [0.25, 0.3) is 0 Å². The van der Waals surface area contributed by atoms with Crippen molar-refractivity contribution in [2.75, 3.05) is 0 Å². The molecule has 1 heteroatoms. The van der Waals surface area contributed by atoms with Crippen LogP contribution in [0, 0.1) is 11.8 Å². The second-order valence-corrected chi connectivity index (χ2v) is 13.2. The number of benzene rings is 6. The van der Waals surface area contributed by atoms with Crippen LogP contribution in [0.5, 0.6) is 0 Å². The molecule has 6 aromatic carbocycles. The van der Waals surface area contributed by atoms with Gasteiger partial charge in [-0.2, -0.15) is 0 Å². The zero-order valence-corrected chi connectivity index (χ0v) is 25.6. The fraction of sp³-hybridized carbons (Fsp3) is 0.0435. The van der Waals surface area contributed by atoms with Gasteiger partial charge in [-0.25, -0.2) is 0 Å². The number of furan rings is 1. The first-order valence-corrected chi connectivity index (χ1v) is 16.5. The summed E-state index contributed by atoms with van der Waals surface area (Å²) in [6, 6.07) is 39.6. The van der Waals surface area contributed by atoms with E-state index in [2.05, 4.69) is 158 Å². The molecule has 0 fully saturated rings. The lowest BCUT2D eigenvalue weighted by atomic mass is 9.61. The minimum Gasteiger partial charge on any atom is -0.456 e. The summed E-state index contributed by atoms with van der Waals surface area (Å²) in [5.41, 5.74) is 12.6. The molecule has 0 saturated carbocycles. The van der Waals surface area contributed by atoms with E-state index in [4.69, 9.17) is 4.42 Å². The molecule has 4 aliphatic carbocycles. The number of hydrogen-bond donors (Lipinski definition) is 0. The average Bonchev–Trinajstić information content (AvgIpc) is 3.50. The van der Waals surface area contributed by atoms with E-state index >= 15 is 0 Å². The van der Waals surface area contributed by atoms with Gasteiger partial charge < -0.3 is 4.42 Å². The fourth-order valence-electron chi connectivity index (χ4n) is 8.78. The maximum atomic E-state index is 6.49. The van der Waals surface area contributed by atoms with E-state index in [0.29, 0.717) is 0 Å². The third-order valence-electron chi connectivity index (χ3n) is 10.9. The van der Waals surface area contributed by atoms with Gasteiger partial charge in [-0.05, 0) is 101 Å². The van der Waals surface area contributed by atoms with Crippen LogP contribution in [0.15, 0.2) is 185 Å². The first kappa shape index (κ1) is 25.3. The van der Waals surface area contributed by atoms with Gasteiger partial charge in [-0.1, -0.05) is 134 Å². The second kappa shape index (κ2) is 9.31. The zero-order valence-electron chi connectivity index (χ0n) is 25.6. The van der Waals surface area contributed by atoms with Gasteiger partial charge in [-0.15, -0.1) is 0 Å². The molecular formula is C46H28O. The number of fused-ring (bicyclic) bond motifs is 7. The van der Waals surface area contributed by atoms with E-state index < -0.39 is 0 Å². The van der Waals surface area contributed by atoms with Gasteiger partial charge in [0.15, 0.2) is 0 Å². The molecule has 1 nitrogen and oxygen atoms in total. The van der Waals surface area contributed by atoms with Crippen molar-refractivity contribution < 1.29 is 4.42 Å². The molecular weight excluding hydrogens is 569 g/mol. The van der Waals surface area contributed by atoms with Gasteiger partial charge in [0, 0.05) is 22.6 Å². The predicted molar refractivity (Wildman–Crippen MR) is 197 cm³/mol. The molecule has 0 amide bonds. The molecule has 0 saturated heterocycles. The highest BCUT2D eigenvalue weighted by Crippen LogP contribution is 2.55. The van der Waals surface area contributed by atoms with Crippen LogP contribution in [0.25, 0.3) is 65.4 Å². The average molecular weight is 597 g/mol. The van der Waals surface area contributed by atoms with E-state index in [1.54, 1.807) is 0 Å². The van der Waals surface area contributed by atoms with Gasteiger partial charge in [0.05, 0.1) is 0 Å². The van der Waals surface area contributed by atoms with Crippen molar-refractivity contribution in [3.63, 3.8) is 0 Å². The molecule has 2 atom stereocenters. The lowest BCUT2D eigenvalue weighted by Gasteiger charge is -2.42.